The van der Waals surface area contributed by atoms with Crippen LogP contribution in [0.15, 0.2) is 73.4 Å². The zero-order chi connectivity index (χ0) is 24.4. The largest absolute Gasteiger partial charge is 0.347 e. The first-order valence-corrected chi connectivity index (χ1v) is 11.7. The van der Waals surface area contributed by atoms with Gasteiger partial charge in [0.2, 0.25) is 5.95 Å². The molecule has 1 aliphatic heterocycles. The second-order valence-corrected chi connectivity index (χ2v) is 8.92. The Hall–Kier alpha value is -4.07. The smallest absolute Gasteiger partial charge is 0.254 e. The normalized spacial score (nSPS) is 15.4. The maximum atomic E-state index is 14.1. The number of anilines is 1. The van der Waals surface area contributed by atoms with Crippen molar-refractivity contribution in [1.82, 2.24) is 24.4 Å². The van der Waals surface area contributed by atoms with Gasteiger partial charge in [-0.2, -0.15) is 0 Å². The van der Waals surface area contributed by atoms with Gasteiger partial charge < -0.3 is 14.4 Å². The predicted octanol–water partition coefficient (Wildman–Crippen LogP) is 4.57. The minimum Gasteiger partial charge on any atom is -0.347 e. The maximum Gasteiger partial charge on any atom is 0.254 e. The van der Waals surface area contributed by atoms with Crippen LogP contribution in [0, 0.1) is 5.82 Å². The van der Waals surface area contributed by atoms with Crippen molar-refractivity contribution in [3.8, 4) is 11.1 Å². The van der Waals surface area contributed by atoms with Crippen LogP contribution in [-0.4, -0.2) is 51.0 Å². The molecule has 0 radical (unpaired) electrons. The Bertz CT molecular complexity index is 1340. The fourth-order valence-corrected chi connectivity index (χ4v) is 4.63. The van der Waals surface area contributed by atoms with Crippen LogP contribution >= 0.6 is 0 Å². The van der Waals surface area contributed by atoms with Crippen molar-refractivity contribution in [2.24, 2.45) is 0 Å². The summed E-state index contributed by atoms with van der Waals surface area (Å²) >= 11 is 0. The van der Waals surface area contributed by atoms with Crippen molar-refractivity contribution in [3.63, 3.8) is 0 Å². The summed E-state index contributed by atoms with van der Waals surface area (Å²) in [6.07, 6.45) is 8.74. The zero-order valence-electron chi connectivity index (χ0n) is 19.8. The van der Waals surface area contributed by atoms with Crippen LogP contribution in [0.3, 0.4) is 0 Å². The summed E-state index contributed by atoms with van der Waals surface area (Å²) in [4.78, 5) is 31.1. The van der Waals surface area contributed by atoms with Gasteiger partial charge in [-0.3, -0.25) is 4.79 Å². The van der Waals surface area contributed by atoms with Crippen molar-refractivity contribution in [3.05, 3.63) is 96.1 Å². The summed E-state index contributed by atoms with van der Waals surface area (Å²) < 4.78 is 16.0. The fraction of sp³-hybridized carbons (Fsp3) is 0.259. The SMILES string of the molecule is CN(C)c1ncc(-c2cccc(F)c2)c([C@H]2CCCN2C(=O)c2ccccc2Cn2ccnc2)n1. The van der Waals surface area contributed by atoms with Gasteiger partial charge in [-0.25, -0.2) is 19.3 Å². The lowest BCUT2D eigenvalue weighted by molar-refractivity contribution is 0.0732. The molecule has 0 unspecified atom stereocenters. The fourth-order valence-electron chi connectivity index (χ4n) is 4.63. The second-order valence-electron chi connectivity index (χ2n) is 8.92. The summed E-state index contributed by atoms with van der Waals surface area (Å²) in [5.41, 5.74) is 3.79. The number of imidazole rings is 1. The molecule has 5 rings (SSSR count). The van der Waals surface area contributed by atoms with Gasteiger partial charge in [0.15, 0.2) is 0 Å². The molecule has 2 aromatic heterocycles. The first kappa shape index (κ1) is 22.7. The molecule has 0 bridgehead atoms. The number of carbonyl (C=O) groups is 1. The van der Waals surface area contributed by atoms with E-state index < -0.39 is 0 Å². The summed E-state index contributed by atoms with van der Waals surface area (Å²) in [6, 6.07) is 13.9. The highest BCUT2D eigenvalue weighted by Crippen LogP contribution is 2.38. The van der Waals surface area contributed by atoms with Crippen molar-refractivity contribution in [2.45, 2.75) is 25.4 Å². The molecule has 1 fully saturated rings. The number of aromatic nitrogens is 4. The monoisotopic (exact) mass is 470 g/mol. The first-order valence-electron chi connectivity index (χ1n) is 11.7. The zero-order valence-corrected chi connectivity index (χ0v) is 19.8. The lowest BCUT2D eigenvalue weighted by Gasteiger charge is -2.27. The number of rotatable bonds is 6. The van der Waals surface area contributed by atoms with Crippen LogP contribution < -0.4 is 4.90 Å². The summed E-state index contributed by atoms with van der Waals surface area (Å²) in [7, 11) is 3.76. The highest BCUT2D eigenvalue weighted by atomic mass is 19.1. The molecule has 2 aromatic carbocycles. The van der Waals surface area contributed by atoms with Gasteiger partial charge in [0.1, 0.15) is 5.82 Å². The average Bonchev–Trinajstić information content (AvgIpc) is 3.56. The quantitative estimate of drug-likeness (QED) is 0.413. The van der Waals surface area contributed by atoms with E-state index in [1.165, 1.54) is 12.1 Å². The molecule has 3 heterocycles. The van der Waals surface area contributed by atoms with E-state index in [0.717, 1.165) is 29.7 Å². The van der Waals surface area contributed by atoms with Crippen LogP contribution in [0.5, 0.6) is 0 Å². The van der Waals surface area contributed by atoms with Crippen LogP contribution in [0.25, 0.3) is 11.1 Å². The molecule has 178 valence electrons. The third-order valence-electron chi connectivity index (χ3n) is 6.33. The molecule has 0 N–H and O–H groups in total. The van der Waals surface area contributed by atoms with Gasteiger partial charge in [-0.05, 0) is 42.2 Å². The molecule has 1 aliphatic rings. The molecule has 0 aliphatic carbocycles. The molecule has 0 saturated carbocycles. The van der Waals surface area contributed by atoms with Crippen LogP contribution in [0.4, 0.5) is 10.3 Å². The van der Waals surface area contributed by atoms with E-state index in [0.29, 0.717) is 30.2 Å². The molecule has 8 heteroatoms. The number of amides is 1. The summed E-state index contributed by atoms with van der Waals surface area (Å²) in [6.45, 7) is 1.19. The van der Waals surface area contributed by atoms with Crippen LogP contribution in [-0.2, 0) is 6.54 Å². The topological polar surface area (TPSA) is 67.2 Å². The lowest BCUT2D eigenvalue weighted by atomic mass is 9.99. The second kappa shape index (κ2) is 9.66. The minimum atomic E-state index is -0.321. The Kier molecular flexibility index (Phi) is 6.27. The van der Waals surface area contributed by atoms with Crippen molar-refractivity contribution in [2.75, 3.05) is 25.5 Å². The van der Waals surface area contributed by atoms with Gasteiger partial charge in [0, 0.05) is 56.9 Å². The minimum absolute atomic E-state index is 0.0292. The summed E-state index contributed by atoms with van der Waals surface area (Å²) in [5, 5.41) is 0. The van der Waals surface area contributed by atoms with Gasteiger partial charge >= 0.3 is 0 Å². The standard InChI is InChI=1S/C27H27FN6O/c1-32(2)27-30-16-23(19-8-5-9-21(28)15-19)25(31-27)24-11-6-13-34(24)26(35)22-10-4-3-7-20(22)17-33-14-12-29-18-33/h3-5,7-10,12,14-16,18,24H,6,11,13,17H2,1-2H3/t24-/m1/s1. The number of hydrogen-bond acceptors (Lipinski definition) is 5. The third kappa shape index (κ3) is 4.64. The van der Waals surface area contributed by atoms with Gasteiger partial charge in [-0.1, -0.05) is 30.3 Å². The Morgan fingerprint density at radius 3 is 2.80 bits per heavy atom. The van der Waals surface area contributed by atoms with Crippen molar-refractivity contribution < 1.29 is 9.18 Å². The molecule has 7 nitrogen and oxygen atoms in total. The number of benzene rings is 2. The van der Waals surface area contributed by atoms with E-state index in [9.17, 15) is 9.18 Å². The van der Waals surface area contributed by atoms with E-state index in [1.54, 1.807) is 24.8 Å². The number of hydrogen-bond donors (Lipinski definition) is 0. The number of carbonyl (C=O) groups excluding carboxylic acids is 1. The van der Waals surface area contributed by atoms with E-state index in [2.05, 4.69) is 9.97 Å². The predicted molar refractivity (Wildman–Crippen MR) is 133 cm³/mol. The van der Waals surface area contributed by atoms with Gasteiger partial charge in [0.25, 0.3) is 5.91 Å². The van der Waals surface area contributed by atoms with E-state index in [-0.39, 0.29) is 17.8 Å². The highest BCUT2D eigenvalue weighted by Gasteiger charge is 2.34. The Morgan fingerprint density at radius 1 is 1.17 bits per heavy atom. The Labute approximate surface area is 203 Å². The van der Waals surface area contributed by atoms with Gasteiger partial charge in [0.05, 0.1) is 18.1 Å². The highest BCUT2D eigenvalue weighted by molar-refractivity contribution is 5.96. The van der Waals surface area contributed by atoms with E-state index in [4.69, 9.17) is 4.98 Å². The third-order valence-corrected chi connectivity index (χ3v) is 6.33. The number of nitrogens with zero attached hydrogens (tertiary/aromatic N) is 6. The Morgan fingerprint density at radius 2 is 2.03 bits per heavy atom. The molecular weight excluding hydrogens is 443 g/mol. The Balaban J connectivity index is 1.54. The first-order chi connectivity index (χ1) is 17.0. The number of halogens is 1. The van der Waals surface area contributed by atoms with E-state index in [1.807, 2.05) is 65.0 Å². The molecule has 4 aromatic rings. The number of likely N-dealkylation sites (tertiary alicyclic amines) is 1. The lowest BCUT2D eigenvalue weighted by Crippen LogP contribution is -2.32. The molecule has 1 atom stereocenters. The molecule has 0 spiro atoms. The molecular formula is C27H27FN6O. The van der Waals surface area contributed by atoms with E-state index >= 15 is 0 Å². The summed E-state index contributed by atoms with van der Waals surface area (Å²) in [5.74, 6) is 0.205. The maximum absolute atomic E-state index is 14.1. The van der Waals surface area contributed by atoms with Crippen molar-refractivity contribution in [1.29, 1.82) is 0 Å². The van der Waals surface area contributed by atoms with Crippen LogP contribution in [0.2, 0.25) is 0 Å². The molecule has 1 amide bonds. The van der Waals surface area contributed by atoms with Crippen LogP contribution in [0.1, 0.15) is 40.5 Å². The molecule has 1 saturated heterocycles. The van der Waals surface area contributed by atoms with Gasteiger partial charge in [-0.15, -0.1) is 0 Å². The average molecular weight is 471 g/mol. The van der Waals surface area contributed by atoms with Crippen molar-refractivity contribution >= 4 is 11.9 Å². The molecule has 35 heavy (non-hydrogen) atoms.